The predicted octanol–water partition coefficient (Wildman–Crippen LogP) is 3.39. The van der Waals surface area contributed by atoms with Crippen molar-refractivity contribution in [2.75, 3.05) is 0 Å². The Balaban J connectivity index is 2.32. The Morgan fingerprint density at radius 3 is 2.75 bits per heavy atom. The largest absolute Gasteiger partial charge is 0.387 e. The van der Waals surface area contributed by atoms with Crippen LogP contribution in [0.25, 0.3) is 10.9 Å². The van der Waals surface area contributed by atoms with Gasteiger partial charge in [0.2, 0.25) is 0 Å². The Morgan fingerprint density at radius 2 is 2.06 bits per heavy atom. The van der Waals surface area contributed by atoms with Crippen molar-refractivity contribution in [3.8, 4) is 0 Å². The smallest absolute Gasteiger partial charge is 0.123 e. The average Bonchev–Trinajstić information content (AvgIpc) is 2.59. The molecule has 0 fully saturated rings. The molecule has 0 aliphatic rings. The van der Waals surface area contributed by atoms with Gasteiger partial charge in [-0.05, 0) is 36.6 Å². The van der Waals surface area contributed by atoms with E-state index in [2.05, 4.69) is 18.8 Å². The molecule has 0 spiro atoms. The summed E-state index contributed by atoms with van der Waals surface area (Å²) in [6.45, 7) is 4.12. The molecule has 0 aliphatic heterocycles. The van der Waals surface area contributed by atoms with E-state index in [1.165, 1.54) is 12.1 Å². The number of H-pyrrole nitrogens is 1. The summed E-state index contributed by atoms with van der Waals surface area (Å²) in [4.78, 5) is 3.11. The van der Waals surface area contributed by atoms with Crippen LogP contribution in [0.2, 0.25) is 0 Å². The summed E-state index contributed by atoms with van der Waals surface area (Å²) in [5.41, 5.74) is 1.62. The van der Waals surface area contributed by atoms with Crippen molar-refractivity contribution in [1.82, 2.24) is 4.98 Å². The van der Waals surface area contributed by atoms with Gasteiger partial charge in [0.1, 0.15) is 5.82 Å². The fourth-order valence-corrected chi connectivity index (χ4v) is 1.88. The zero-order valence-electron chi connectivity index (χ0n) is 9.50. The summed E-state index contributed by atoms with van der Waals surface area (Å²) < 4.78 is 13.0. The number of aromatic amines is 1. The summed E-state index contributed by atoms with van der Waals surface area (Å²) in [6.07, 6.45) is 0.199. The number of hydrogen-bond acceptors (Lipinski definition) is 1. The second kappa shape index (κ2) is 4.26. The van der Waals surface area contributed by atoms with Crippen molar-refractivity contribution in [3.63, 3.8) is 0 Å². The van der Waals surface area contributed by atoms with Gasteiger partial charge in [0.05, 0.1) is 6.10 Å². The highest BCUT2D eigenvalue weighted by atomic mass is 19.1. The van der Waals surface area contributed by atoms with Crippen LogP contribution < -0.4 is 0 Å². The molecular weight excluding hydrogens is 205 g/mol. The third-order valence-electron chi connectivity index (χ3n) is 2.66. The van der Waals surface area contributed by atoms with Gasteiger partial charge >= 0.3 is 0 Å². The first-order valence-corrected chi connectivity index (χ1v) is 5.52. The number of fused-ring (bicyclic) bond motifs is 1. The van der Waals surface area contributed by atoms with Crippen LogP contribution in [0.15, 0.2) is 24.3 Å². The lowest BCUT2D eigenvalue weighted by Crippen LogP contribution is -2.01. The zero-order chi connectivity index (χ0) is 11.7. The van der Waals surface area contributed by atoms with E-state index in [-0.39, 0.29) is 5.82 Å². The van der Waals surface area contributed by atoms with Crippen molar-refractivity contribution in [2.24, 2.45) is 5.92 Å². The first kappa shape index (κ1) is 11.1. The SMILES string of the molecule is CC(C)CC(O)c1cc2cc(F)ccc2[nH]1. The summed E-state index contributed by atoms with van der Waals surface area (Å²) in [5.74, 6) is 0.176. The maximum Gasteiger partial charge on any atom is 0.123 e. The van der Waals surface area contributed by atoms with Gasteiger partial charge < -0.3 is 10.1 Å². The van der Waals surface area contributed by atoms with Gasteiger partial charge in [-0.2, -0.15) is 0 Å². The highest BCUT2D eigenvalue weighted by Crippen LogP contribution is 2.24. The molecule has 0 amide bonds. The van der Waals surface area contributed by atoms with E-state index in [4.69, 9.17) is 0 Å². The highest BCUT2D eigenvalue weighted by molar-refractivity contribution is 5.80. The van der Waals surface area contributed by atoms with Gasteiger partial charge in [-0.15, -0.1) is 0 Å². The van der Waals surface area contributed by atoms with Gasteiger partial charge in [-0.3, -0.25) is 0 Å². The standard InChI is InChI=1S/C13H16FNO/c1-8(2)5-13(16)12-7-9-6-10(14)3-4-11(9)15-12/h3-4,6-8,13,15-16H,5H2,1-2H3. The quantitative estimate of drug-likeness (QED) is 0.818. The normalized spacial score (nSPS) is 13.6. The number of aliphatic hydroxyl groups is 1. The van der Waals surface area contributed by atoms with E-state index in [9.17, 15) is 9.50 Å². The topological polar surface area (TPSA) is 36.0 Å². The average molecular weight is 221 g/mol. The molecular formula is C13H16FNO. The van der Waals surface area contributed by atoms with Crippen LogP contribution in [0, 0.1) is 11.7 Å². The molecule has 2 N–H and O–H groups in total. The molecule has 1 aromatic heterocycles. The van der Waals surface area contributed by atoms with Crippen LogP contribution in [-0.4, -0.2) is 10.1 Å². The summed E-state index contributed by atoms with van der Waals surface area (Å²) in [6, 6.07) is 6.39. The molecule has 0 radical (unpaired) electrons. The predicted molar refractivity (Wildman–Crippen MR) is 62.7 cm³/mol. The fourth-order valence-electron chi connectivity index (χ4n) is 1.88. The third kappa shape index (κ3) is 2.25. The number of benzene rings is 1. The molecule has 0 aliphatic carbocycles. The molecule has 86 valence electrons. The molecule has 3 heteroatoms. The zero-order valence-corrected chi connectivity index (χ0v) is 9.50. The second-order valence-corrected chi connectivity index (χ2v) is 4.60. The van der Waals surface area contributed by atoms with E-state index in [0.29, 0.717) is 12.3 Å². The molecule has 1 atom stereocenters. The molecule has 0 bridgehead atoms. The monoisotopic (exact) mass is 221 g/mol. The minimum absolute atomic E-state index is 0.253. The fraction of sp³-hybridized carbons (Fsp3) is 0.385. The van der Waals surface area contributed by atoms with Crippen molar-refractivity contribution < 1.29 is 9.50 Å². The second-order valence-electron chi connectivity index (χ2n) is 4.60. The molecule has 16 heavy (non-hydrogen) atoms. The number of aliphatic hydroxyl groups excluding tert-OH is 1. The Labute approximate surface area is 94.1 Å². The summed E-state index contributed by atoms with van der Waals surface area (Å²) >= 11 is 0. The number of nitrogens with one attached hydrogen (secondary N) is 1. The number of rotatable bonds is 3. The van der Waals surface area contributed by atoms with Gasteiger partial charge in [0, 0.05) is 16.6 Å². The highest BCUT2D eigenvalue weighted by Gasteiger charge is 2.12. The van der Waals surface area contributed by atoms with E-state index >= 15 is 0 Å². The molecule has 0 saturated heterocycles. The van der Waals surface area contributed by atoms with Crippen molar-refractivity contribution >= 4 is 10.9 Å². The van der Waals surface area contributed by atoms with Gasteiger partial charge in [-0.25, -0.2) is 4.39 Å². The molecule has 2 nitrogen and oxygen atoms in total. The van der Waals surface area contributed by atoms with Crippen molar-refractivity contribution in [2.45, 2.75) is 26.4 Å². The van der Waals surface area contributed by atoms with Gasteiger partial charge in [-0.1, -0.05) is 13.8 Å². The Kier molecular flexibility index (Phi) is 2.97. The summed E-state index contributed by atoms with van der Waals surface area (Å²) in [5, 5.41) is 10.7. The molecule has 0 saturated carbocycles. The van der Waals surface area contributed by atoms with Crippen LogP contribution in [0.4, 0.5) is 4.39 Å². The maximum absolute atomic E-state index is 13.0. The van der Waals surface area contributed by atoms with E-state index in [0.717, 1.165) is 16.6 Å². The van der Waals surface area contributed by atoms with Gasteiger partial charge in [0.25, 0.3) is 0 Å². The lowest BCUT2D eigenvalue weighted by molar-refractivity contribution is 0.147. The third-order valence-corrected chi connectivity index (χ3v) is 2.66. The first-order chi connectivity index (χ1) is 7.56. The lowest BCUT2D eigenvalue weighted by atomic mass is 10.0. The van der Waals surface area contributed by atoms with E-state index in [1.807, 2.05) is 6.07 Å². The van der Waals surface area contributed by atoms with E-state index in [1.54, 1.807) is 6.07 Å². The molecule has 1 aromatic carbocycles. The van der Waals surface area contributed by atoms with Crippen LogP contribution in [-0.2, 0) is 0 Å². The lowest BCUT2D eigenvalue weighted by Gasteiger charge is -2.10. The minimum atomic E-state index is -0.504. The molecule has 2 aromatic rings. The molecule has 2 rings (SSSR count). The Hall–Kier alpha value is -1.35. The van der Waals surface area contributed by atoms with Crippen molar-refractivity contribution in [1.29, 1.82) is 0 Å². The first-order valence-electron chi connectivity index (χ1n) is 5.52. The number of hydrogen-bond donors (Lipinski definition) is 2. The van der Waals surface area contributed by atoms with Crippen LogP contribution in [0.3, 0.4) is 0 Å². The Morgan fingerprint density at radius 1 is 1.31 bits per heavy atom. The number of halogens is 1. The minimum Gasteiger partial charge on any atom is -0.387 e. The molecule has 1 heterocycles. The van der Waals surface area contributed by atoms with Crippen LogP contribution >= 0.6 is 0 Å². The molecule has 1 unspecified atom stereocenters. The maximum atomic E-state index is 13.0. The van der Waals surface area contributed by atoms with Crippen LogP contribution in [0.1, 0.15) is 32.1 Å². The Bertz CT molecular complexity index is 490. The van der Waals surface area contributed by atoms with Crippen molar-refractivity contribution in [3.05, 3.63) is 35.8 Å². The number of aromatic nitrogens is 1. The van der Waals surface area contributed by atoms with E-state index < -0.39 is 6.10 Å². The summed E-state index contributed by atoms with van der Waals surface area (Å²) in [7, 11) is 0. The van der Waals surface area contributed by atoms with Gasteiger partial charge in [0.15, 0.2) is 0 Å². The van der Waals surface area contributed by atoms with Crippen LogP contribution in [0.5, 0.6) is 0 Å².